The second kappa shape index (κ2) is 4.33. The number of hydrogen-bond donors (Lipinski definition) is 1. The molecule has 92 valence electrons. The summed E-state index contributed by atoms with van der Waals surface area (Å²) in [6.45, 7) is -0.962. The van der Waals surface area contributed by atoms with Crippen molar-refractivity contribution in [1.82, 2.24) is 19.9 Å². The largest absolute Gasteiger partial charge is 0.401 e. The fourth-order valence-electron chi connectivity index (χ4n) is 1.55. The number of nitrogens with one attached hydrogen (secondary N) is 1. The zero-order chi connectivity index (χ0) is 12.5. The van der Waals surface area contributed by atoms with Gasteiger partial charge >= 0.3 is 6.18 Å². The molecule has 0 radical (unpaired) electrons. The molecule has 2 heterocycles. The van der Waals surface area contributed by atoms with E-state index in [4.69, 9.17) is 0 Å². The van der Waals surface area contributed by atoms with E-state index in [1.807, 2.05) is 6.07 Å². The van der Waals surface area contributed by atoms with Crippen LogP contribution in [-0.4, -0.2) is 27.3 Å². The molecule has 17 heavy (non-hydrogen) atoms. The standard InChI is InChI=1S/C10H11F3N4/c1-17-7-3-2-4-15-9(7)16-8(17)5-14-6-10(11,12)13/h2-4,14H,5-6H2,1H3. The number of alkyl halides is 3. The molecule has 0 amide bonds. The minimum atomic E-state index is -4.21. The maximum absolute atomic E-state index is 12.0. The number of aryl methyl sites for hydroxylation is 1. The Balaban J connectivity index is 2.11. The molecule has 0 aliphatic rings. The van der Waals surface area contributed by atoms with E-state index in [1.165, 1.54) is 0 Å². The van der Waals surface area contributed by atoms with Gasteiger partial charge in [-0.05, 0) is 12.1 Å². The molecule has 0 atom stereocenters. The lowest BCUT2D eigenvalue weighted by molar-refractivity contribution is -0.125. The summed E-state index contributed by atoms with van der Waals surface area (Å²) in [4.78, 5) is 8.19. The van der Waals surface area contributed by atoms with Crippen LogP contribution in [0.5, 0.6) is 0 Å². The van der Waals surface area contributed by atoms with Crippen LogP contribution in [0.1, 0.15) is 5.82 Å². The first kappa shape index (κ1) is 11.8. The van der Waals surface area contributed by atoms with Crippen LogP contribution in [0.15, 0.2) is 18.3 Å². The van der Waals surface area contributed by atoms with Crippen LogP contribution in [-0.2, 0) is 13.6 Å². The van der Waals surface area contributed by atoms with Gasteiger partial charge in [-0.3, -0.25) is 0 Å². The summed E-state index contributed by atoms with van der Waals surface area (Å²) in [6.07, 6.45) is -2.61. The fourth-order valence-corrected chi connectivity index (χ4v) is 1.55. The van der Waals surface area contributed by atoms with Gasteiger partial charge in [0.1, 0.15) is 5.82 Å². The molecule has 0 unspecified atom stereocenters. The van der Waals surface area contributed by atoms with Crippen molar-refractivity contribution in [3.05, 3.63) is 24.2 Å². The van der Waals surface area contributed by atoms with Gasteiger partial charge in [0, 0.05) is 13.2 Å². The number of imidazole rings is 1. The van der Waals surface area contributed by atoms with Gasteiger partial charge in [0.15, 0.2) is 5.65 Å². The highest BCUT2D eigenvalue weighted by Gasteiger charge is 2.26. The highest BCUT2D eigenvalue weighted by molar-refractivity contribution is 5.71. The Morgan fingerprint density at radius 2 is 2.18 bits per heavy atom. The molecule has 2 aromatic rings. The zero-order valence-corrected chi connectivity index (χ0v) is 9.12. The van der Waals surface area contributed by atoms with Gasteiger partial charge < -0.3 is 9.88 Å². The average Bonchev–Trinajstić information content (AvgIpc) is 2.55. The van der Waals surface area contributed by atoms with Crippen molar-refractivity contribution < 1.29 is 13.2 Å². The molecule has 2 rings (SSSR count). The topological polar surface area (TPSA) is 42.7 Å². The summed E-state index contributed by atoms with van der Waals surface area (Å²) in [6, 6.07) is 3.58. The van der Waals surface area contributed by atoms with Crippen molar-refractivity contribution in [2.45, 2.75) is 12.7 Å². The summed E-state index contributed by atoms with van der Waals surface area (Å²) >= 11 is 0. The van der Waals surface area contributed by atoms with Crippen LogP contribution in [0.3, 0.4) is 0 Å². The molecule has 0 spiro atoms. The summed E-state index contributed by atoms with van der Waals surface area (Å²) in [5.41, 5.74) is 1.34. The van der Waals surface area contributed by atoms with Crippen LogP contribution in [0.25, 0.3) is 11.2 Å². The molecule has 0 bridgehead atoms. The van der Waals surface area contributed by atoms with Gasteiger partial charge in [0.25, 0.3) is 0 Å². The quantitative estimate of drug-likeness (QED) is 0.892. The van der Waals surface area contributed by atoms with Crippen molar-refractivity contribution in [1.29, 1.82) is 0 Å². The Morgan fingerprint density at radius 3 is 2.82 bits per heavy atom. The first-order valence-electron chi connectivity index (χ1n) is 5.01. The van der Waals surface area contributed by atoms with Crippen molar-refractivity contribution in [3.63, 3.8) is 0 Å². The minimum absolute atomic E-state index is 0.0619. The monoisotopic (exact) mass is 244 g/mol. The van der Waals surface area contributed by atoms with Gasteiger partial charge in [-0.25, -0.2) is 9.97 Å². The van der Waals surface area contributed by atoms with Gasteiger partial charge in [-0.2, -0.15) is 13.2 Å². The van der Waals surface area contributed by atoms with Crippen molar-refractivity contribution in [3.8, 4) is 0 Å². The predicted molar refractivity (Wildman–Crippen MR) is 56.3 cm³/mol. The SMILES string of the molecule is Cn1c(CNCC(F)(F)F)nc2ncccc21. The average molecular weight is 244 g/mol. The highest BCUT2D eigenvalue weighted by atomic mass is 19.4. The van der Waals surface area contributed by atoms with Crippen LogP contribution < -0.4 is 5.32 Å². The van der Waals surface area contributed by atoms with E-state index in [9.17, 15) is 13.2 Å². The molecule has 0 aromatic carbocycles. The Kier molecular flexibility index (Phi) is 3.01. The Hall–Kier alpha value is -1.63. The third-order valence-electron chi connectivity index (χ3n) is 2.36. The van der Waals surface area contributed by atoms with E-state index in [-0.39, 0.29) is 6.54 Å². The maximum Gasteiger partial charge on any atom is 0.401 e. The van der Waals surface area contributed by atoms with Crippen molar-refractivity contribution in [2.24, 2.45) is 7.05 Å². The van der Waals surface area contributed by atoms with Crippen molar-refractivity contribution >= 4 is 11.2 Å². The molecule has 0 saturated heterocycles. The van der Waals surface area contributed by atoms with E-state index in [0.717, 1.165) is 5.52 Å². The molecule has 0 fully saturated rings. The van der Waals surface area contributed by atoms with Gasteiger partial charge in [0.05, 0.1) is 18.6 Å². The predicted octanol–water partition coefficient (Wildman–Crippen LogP) is 1.62. The molecule has 0 saturated carbocycles. The van der Waals surface area contributed by atoms with E-state index < -0.39 is 12.7 Å². The Bertz CT molecular complexity index is 518. The van der Waals surface area contributed by atoms with Crippen molar-refractivity contribution in [2.75, 3.05) is 6.54 Å². The van der Waals surface area contributed by atoms with E-state index in [1.54, 1.807) is 23.9 Å². The summed E-state index contributed by atoms with van der Waals surface area (Å²) < 4.78 is 37.6. The molecule has 2 aromatic heterocycles. The number of hydrogen-bond acceptors (Lipinski definition) is 3. The van der Waals surface area contributed by atoms with E-state index >= 15 is 0 Å². The van der Waals surface area contributed by atoms with Crippen LogP contribution >= 0.6 is 0 Å². The lowest BCUT2D eigenvalue weighted by Gasteiger charge is -2.07. The number of fused-ring (bicyclic) bond motifs is 1. The van der Waals surface area contributed by atoms with E-state index in [0.29, 0.717) is 11.5 Å². The fraction of sp³-hybridized carbons (Fsp3) is 0.400. The molecule has 7 heteroatoms. The summed E-state index contributed by atoms with van der Waals surface area (Å²) in [5.74, 6) is 0.531. The zero-order valence-electron chi connectivity index (χ0n) is 9.12. The molecule has 0 aliphatic heterocycles. The van der Waals surface area contributed by atoms with E-state index in [2.05, 4.69) is 15.3 Å². The van der Waals surface area contributed by atoms with Gasteiger partial charge in [0.2, 0.25) is 0 Å². The number of halogens is 3. The molecular formula is C10H11F3N4. The lowest BCUT2D eigenvalue weighted by Crippen LogP contribution is -2.29. The van der Waals surface area contributed by atoms with Gasteiger partial charge in [-0.15, -0.1) is 0 Å². The number of rotatable bonds is 3. The molecular weight excluding hydrogens is 233 g/mol. The normalized spacial score (nSPS) is 12.2. The number of nitrogens with zero attached hydrogens (tertiary/aromatic N) is 3. The molecule has 1 N–H and O–H groups in total. The second-order valence-corrected chi connectivity index (χ2v) is 3.65. The highest BCUT2D eigenvalue weighted by Crippen LogP contribution is 2.14. The molecule has 4 nitrogen and oxygen atoms in total. The number of aromatic nitrogens is 3. The van der Waals surface area contributed by atoms with Crippen LogP contribution in [0.4, 0.5) is 13.2 Å². The second-order valence-electron chi connectivity index (χ2n) is 3.65. The van der Waals surface area contributed by atoms with Crippen LogP contribution in [0.2, 0.25) is 0 Å². The summed E-state index contributed by atoms with van der Waals surface area (Å²) in [5, 5.41) is 2.31. The first-order chi connectivity index (χ1) is 7.97. The van der Waals surface area contributed by atoms with Gasteiger partial charge in [-0.1, -0.05) is 0 Å². The summed E-state index contributed by atoms with van der Waals surface area (Å²) in [7, 11) is 1.75. The van der Waals surface area contributed by atoms with Crippen LogP contribution in [0, 0.1) is 0 Å². The third kappa shape index (κ3) is 2.73. The minimum Gasteiger partial charge on any atom is -0.329 e. The third-order valence-corrected chi connectivity index (χ3v) is 2.36. The lowest BCUT2D eigenvalue weighted by atomic mass is 10.4. The Morgan fingerprint density at radius 1 is 1.41 bits per heavy atom. The Labute approximate surface area is 95.5 Å². The first-order valence-corrected chi connectivity index (χ1v) is 5.01. The maximum atomic E-state index is 12.0. The molecule has 0 aliphatic carbocycles. The smallest absolute Gasteiger partial charge is 0.329 e. The number of pyridine rings is 1.